The Kier molecular flexibility index (Phi) is 16.5. The summed E-state index contributed by atoms with van der Waals surface area (Å²) in [6.45, 7) is -0.199. The van der Waals surface area contributed by atoms with Gasteiger partial charge in [-0.15, -0.1) is 37.2 Å². The second-order valence-corrected chi connectivity index (χ2v) is 10.0. The topological polar surface area (TPSA) is 340 Å². The Balaban J connectivity index is 0.00000588. The second kappa shape index (κ2) is 17.0. The maximum atomic E-state index is 11.3. The van der Waals surface area contributed by atoms with Crippen LogP contribution in [-0.4, -0.2) is 164 Å². The van der Waals surface area contributed by atoms with Crippen molar-refractivity contribution in [2.75, 3.05) is 20.3 Å². The second-order valence-electron chi connectivity index (χ2n) is 10.0. The minimum atomic E-state index is -2.15. The summed E-state index contributed by atoms with van der Waals surface area (Å²) in [5, 5.41) is 87.0. The molecule has 2 saturated heterocycles. The number of nitrogens with two attached hydrogens (primary N) is 4. The summed E-state index contributed by atoms with van der Waals surface area (Å²) < 4.78 is 23.2. The van der Waals surface area contributed by atoms with Gasteiger partial charge < -0.3 is 88.1 Å². The third-order valence-electron chi connectivity index (χ3n) is 7.49. The van der Waals surface area contributed by atoms with Crippen molar-refractivity contribution in [2.24, 2.45) is 32.9 Å². The molecule has 2 aliphatic heterocycles. The van der Waals surface area contributed by atoms with Crippen LogP contribution in [0.15, 0.2) is 9.98 Å². The summed E-state index contributed by atoms with van der Waals surface area (Å²) in [5.41, 5.74) is 19.7. The molecule has 0 bridgehead atoms. The predicted octanol–water partition coefficient (Wildman–Crippen LogP) is -7.10. The third kappa shape index (κ3) is 8.38. The van der Waals surface area contributed by atoms with Crippen LogP contribution in [0.4, 0.5) is 0 Å². The van der Waals surface area contributed by atoms with E-state index in [1.54, 1.807) is 0 Å². The molecule has 256 valence electrons. The van der Waals surface area contributed by atoms with E-state index in [1.807, 2.05) is 0 Å². The van der Waals surface area contributed by atoms with Gasteiger partial charge in [0.2, 0.25) is 0 Å². The quantitative estimate of drug-likeness (QED) is 0.0788. The lowest BCUT2D eigenvalue weighted by atomic mass is 9.81. The maximum absolute atomic E-state index is 11.3. The molecule has 0 spiro atoms. The van der Waals surface area contributed by atoms with Gasteiger partial charge in [-0.2, -0.15) is 0 Å². The van der Waals surface area contributed by atoms with E-state index in [-0.39, 0.29) is 37.2 Å². The molecular weight excluding hydrogens is 649 g/mol. The first-order chi connectivity index (χ1) is 18.7. The van der Waals surface area contributed by atoms with Crippen molar-refractivity contribution in [2.45, 2.75) is 98.2 Å². The predicted molar refractivity (Wildman–Crippen MR) is 156 cm³/mol. The largest absolute Gasteiger partial charge is 0.394 e. The lowest BCUT2D eigenvalue weighted by Crippen LogP contribution is -2.66. The van der Waals surface area contributed by atoms with Crippen molar-refractivity contribution >= 4 is 49.1 Å². The summed E-state index contributed by atoms with van der Waals surface area (Å²) >= 11 is 0. The molecule has 0 radical (unpaired) electrons. The number of nitrogens with zero attached hydrogens (tertiary/aromatic N) is 2. The fraction of sp³-hybridized carbons (Fsp3) is 0.905. The van der Waals surface area contributed by atoms with Crippen LogP contribution in [0.5, 0.6) is 0 Å². The Morgan fingerprint density at radius 2 is 1.35 bits per heavy atom. The number of hydrogen-bond acceptors (Lipinski definition) is 15. The van der Waals surface area contributed by atoms with Gasteiger partial charge in [0.15, 0.2) is 24.5 Å². The molecule has 22 heteroatoms. The van der Waals surface area contributed by atoms with Gasteiger partial charge in [-0.05, 0) is 14.0 Å². The van der Waals surface area contributed by atoms with Crippen molar-refractivity contribution in [1.29, 1.82) is 0 Å². The van der Waals surface area contributed by atoms with Gasteiger partial charge in [0.1, 0.15) is 66.5 Å². The molecule has 3 fully saturated rings. The Hall–Kier alpha value is -1.11. The molecule has 19 nitrogen and oxygen atoms in total. The standard InChI is InChI=1S/C21H41N7O12.3ClH/c1-5-21(36,4-30)16(40-17-9(26-2)13(34)10(31)6(3-29)38-17)18(37-5)39-15-8(28-20(24)25)11(32)7(27-19(22)23)12(33)14(15)35;;;/h5-18,26,29-36H,3-4H2,1-2H3,(H4,22,23,27)(H4,24,25,28);3*1H/t5-,6-,7+,8-,9-,10-,11+,12-,13-,14+,15+,16-,17-,18-,21+;;;/m0.../s1. The van der Waals surface area contributed by atoms with Crippen molar-refractivity contribution in [1.82, 2.24) is 5.32 Å². The van der Waals surface area contributed by atoms with Gasteiger partial charge in [-0.1, -0.05) is 0 Å². The van der Waals surface area contributed by atoms with Gasteiger partial charge in [0, 0.05) is 0 Å². The van der Waals surface area contributed by atoms with Gasteiger partial charge in [-0.25, -0.2) is 9.98 Å². The van der Waals surface area contributed by atoms with Crippen LogP contribution in [-0.2, 0) is 18.9 Å². The first-order valence-corrected chi connectivity index (χ1v) is 12.5. The highest BCUT2D eigenvalue weighted by atomic mass is 35.5. The van der Waals surface area contributed by atoms with Crippen LogP contribution in [0, 0.1) is 0 Å². The number of guanidine groups is 2. The first-order valence-electron chi connectivity index (χ1n) is 12.5. The average Bonchev–Trinajstić information content (AvgIpc) is 3.13. The van der Waals surface area contributed by atoms with E-state index >= 15 is 0 Å². The number of rotatable bonds is 9. The zero-order valence-electron chi connectivity index (χ0n) is 23.1. The highest BCUT2D eigenvalue weighted by molar-refractivity contribution is 5.86. The molecule has 1 saturated carbocycles. The average molecular weight is 693 g/mol. The molecule has 0 aromatic rings. The summed E-state index contributed by atoms with van der Waals surface area (Å²) in [5.74, 6) is -1.01. The highest BCUT2D eigenvalue weighted by Crippen LogP contribution is 2.39. The Bertz CT molecular complexity index is 927. The number of hydrogen-bond donors (Lipinski definition) is 13. The SMILES string of the molecule is CN[C@@H]1[C@H](O[C@H]2[C@H](O[C@H]3[C@H](O)[C@@H](O)[C@H](N=C(N)N)[C@@H](O)[C@@H]3N=C(N)N)O[C@@H](C)[C@]2(O)CO)O[C@@H](CO)[C@H](O)[C@H]1O.Cl.Cl.Cl. The minimum absolute atomic E-state index is 0. The molecule has 0 aromatic heterocycles. The Morgan fingerprint density at radius 1 is 0.791 bits per heavy atom. The summed E-state index contributed by atoms with van der Waals surface area (Å²) in [4.78, 5) is 7.66. The van der Waals surface area contributed by atoms with E-state index in [0.717, 1.165) is 0 Å². The van der Waals surface area contributed by atoms with Crippen LogP contribution in [0.1, 0.15) is 6.92 Å². The van der Waals surface area contributed by atoms with Gasteiger partial charge in [-0.3, -0.25) is 0 Å². The molecule has 17 N–H and O–H groups in total. The molecule has 15 atom stereocenters. The van der Waals surface area contributed by atoms with Crippen LogP contribution < -0.4 is 28.3 Å². The molecule has 2 heterocycles. The number of halogens is 3. The number of aliphatic imine (C=N–C) groups is 2. The van der Waals surface area contributed by atoms with Gasteiger partial charge >= 0.3 is 0 Å². The van der Waals surface area contributed by atoms with Crippen LogP contribution in [0.25, 0.3) is 0 Å². The minimum Gasteiger partial charge on any atom is -0.394 e. The molecule has 3 rings (SSSR count). The van der Waals surface area contributed by atoms with Crippen molar-refractivity contribution in [3.8, 4) is 0 Å². The number of aliphatic hydroxyl groups is 8. The van der Waals surface area contributed by atoms with Crippen LogP contribution in [0.3, 0.4) is 0 Å². The maximum Gasteiger partial charge on any atom is 0.187 e. The summed E-state index contributed by atoms with van der Waals surface area (Å²) in [6.07, 6.45) is -16.9. The first kappa shape index (κ1) is 41.9. The molecule has 3 aliphatic rings. The monoisotopic (exact) mass is 691 g/mol. The number of ether oxygens (including phenoxy) is 4. The molecule has 1 aliphatic carbocycles. The van der Waals surface area contributed by atoms with E-state index in [4.69, 9.17) is 41.9 Å². The molecule has 43 heavy (non-hydrogen) atoms. The summed E-state index contributed by atoms with van der Waals surface area (Å²) in [7, 11) is 1.44. The van der Waals surface area contributed by atoms with Crippen LogP contribution >= 0.6 is 37.2 Å². The fourth-order valence-corrected chi connectivity index (χ4v) is 5.17. The zero-order valence-corrected chi connectivity index (χ0v) is 25.6. The van der Waals surface area contributed by atoms with E-state index < -0.39 is 116 Å². The number of likely N-dealkylation sites (N-methyl/N-ethyl adjacent to an activating group) is 1. The molecule has 0 unspecified atom stereocenters. The van der Waals surface area contributed by atoms with E-state index in [2.05, 4.69) is 15.3 Å². The fourth-order valence-electron chi connectivity index (χ4n) is 5.17. The van der Waals surface area contributed by atoms with Crippen molar-refractivity contribution < 1.29 is 59.8 Å². The third-order valence-corrected chi connectivity index (χ3v) is 7.49. The van der Waals surface area contributed by atoms with Gasteiger partial charge in [0.25, 0.3) is 0 Å². The Labute approximate surface area is 265 Å². The lowest BCUT2D eigenvalue weighted by Gasteiger charge is -2.45. The smallest absolute Gasteiger partial charge is 0.187 e. The molecular formula is C21H44Cl3N7O12. The van der Waals surface area contributed by atoms with Crippen molar-refractivity contribution in [3.05, 3.63) is 0 Å². The van der Waals surface area contributed by atoms with E-state index in [0.29, 0.717) is 0 Å². The van der Waals surface area contributed by atoms with Crippen molar-refractivity contribution in [3.63, 3.8) is 0 Å². The van der Waals surface area contributed by atoms with E-state index in [1.165, 1.54) is 14.0 Å². The number of aliphatic hydroxyl groups excluding tert-OH is 7. The van der Waals surface area contributed by atoms with E-state index in [9.17, 15) is 40.9 Å². The van der Waals surface area contributed by atoms with Crippen LogP contribution in [0.2, 0.25) is 0 Å². The highest BCUT2D eigenvalue weighted by Gasteiger charge is 2.60. The molecule has 0 aromatic carbocycles. The van der Waals surface area contributed by atoms with Gasteiger partial charge in [0.05, 0.1) is 25.4 Å². The zero-order chi connectivity index (χ0) is 30.1. The molecule has 0 amide bonds. The number of nitrogens with one attached hydrogen (secondary N) is 1. The summed E-state index contributed by atoms with van der Waals surface area (Å²) in [6, 6.07) is -4.00. The Morgan fingerprint density at radius 3 is 1.84 bits per heavy atom. The lowest BCUT2D eigenvalue weighted by molar-refractivity contribution is -0.317. The normalized spacial score (nSPS) is 44.2.